The van der Waals surface area contributed by atoms with Gasteiger partial charge < -0.3 is 19.7 Å². The van der Waals surface area contributed by atoms with Gasteiger partial charge in [0.2, 0.25) is 11.8 Å². The average Bonchev–Trinajstić information content (AvgIpc) is 2.99. The number of hydrogen-bond donors (Lipinski definition) is 1. The minimum absolute atomic E-state index is 0.0139. The summed E-state index contributed by atoms with van der Waals surface area (Å²) < 4.78 is 39.8. The number of sulfonamides is 1. The molecule has 0 saturated carbocycles. The molecule has 2 amide bonds. The van der Waals surface area contributed by atoms with E-state index in [2.05, 4.69) is 5.32 Å². The first kappa shape index (κ1) is 34.0. The normalized spacial score (nSPS) is 12.0. The van der Waals surface area contributed by atoms with Crippen LogP contribution < -0.4 is 19.1 Å². The van der Waals surface area contributed by atoms with E-state index in [9.17, 15) is 18.0 Å². The summed E-state index contributed by atoms with van der Waals surface area (Å²) in [6.45, 7) is 5.37. The summed E-state index contributed by atoms with van der Waals surface area (Å²) in [6.07, 6.45) is 0.263. The smallest absolute Gasteiger partial charge is 0.264 e. The molecule has 9 nitrogen and oxygen atoms in total. The quantitative estimate of drug-likeness (QED) is 0.237. The number of anilines is 1. The maximum Gasteiger partial charge on any atom is 0.264 e. The minimum Gasteiger partial charge on any atom is -0.493 e. The predicted octanol–water partition coefficient (Wildman–Crippen LogP) is 5.79. The zero-order chi connectivity index (χ0) is 31.7. The van der Waals surface area contributed by atoms with E-state index in [-0.39, 0.29) is 41.1 Å². The van der Waals surface area contributed by atoms with E-state index in [1.165, 1.54) is 43.4 Å². The van der Waals surface area contributed by atoms with E-state index in [0.717, 1.165) is 4.31 Å². The van der Waals surface area contributed by atoms with Crippen LogP contribution in [0.4, 0.5) is 5.69 Å². The van der Waals surface area contributed by atoms with E-state index in [0.29, 0.717) is 27.9 Å². The first-order valence-electron chi connectivity index (χ1n) is 13.7. The Morgan fingerprint density at radius 2 is 1.53 bits per heavy atom. The second-order valence-corrected chi connectivity index (χ2v) is 12.8. The summed E-state index contributed by atoms with van der Waals surface area (Å²) in [6, 6.07) is 16.4. The average molecular weight is 651 g/mol. The third-order valence-corrected chi connectivity index (χ3v) is 9.22. The third kappa shape index (κ3) is 8.34. The number of halogens is 2. The minimum atomic E-state index is -4.25. The lowest BCUT2D eigenvalue weighted by atomic mass is 10.1. The Morgan fingerprint density at radius 1 is 0.907 bits per heavy atom. The fraction of sp³-hybridized carbons (Fsp3) is 0.355. The van der Waals surface area contributed by atoms with Gasteiger partial charge in [-0.3, -0.25) is 13.9 Å². The highest BCUT2D eigenvalue weighted by Gasteiger charge is 2.34. The Morgan fingerprint density at radius 3 is 2.09 bits per heavy atom. The Hall–Kier alpha value is -3.47. The van der Waals surface area contributed by atoms with Gasteiger partial charge in [-0.15, -0.1) is 0 Å². The van der Waals surface area contributed by atoms with E-state index in [4.69, 9.17) is 32.7 Å². The van der Waals surface area contributed by atoms with Gasteiger partial charge in [0.25, 0.3) is 10.0 Å². The second-order valence-electron chi connectivity index (χ2n) is 10.1. The molecule has 0 unspecified atom stereocenters. The molecule has 0 saturated heterocycles. The Bertz CT molecular complexity index is 1500. The maximum absolute atomic E-state index is 14.3. The van der Waals surface area contributed by atoms with Crippen molar-refractivity contribution in [3.63, 3.8) is 0 Å². The van der Waals surface area contributed by atoms with Gasteiger partial charge in [0, 0.05) is 34.8 Å². The standard InChI is InChI=1S/C31H37Cl2N3O6S/c1-6-27(31(38)34-18-21(2)3)35(19-24-25(32)13-10-14-26(24)33)30(37)20-36(43(39,40)23-11-8-7-9-12-23)22-15-16-28(41-4)29(17-22)42-5/h7-17,21,27H,6,18-20H2,1-5H3,(H,34,38)/t27-/m1/s1. The van der Waals surface area contributed by atoms with Gasteiger partial charge in [-0.1, -0.05) is 68.2 Å². The molecular formula is C31H37Cl2N3O6S. The number of nitrogens with zero attached hydrogens (tertiary/aromatic N) is 2. The third-order valence-electron chi connectivity index (χ3n) is 6.73. The molecule has 0 heterocycles. The van der Waals surface area contributed by atoms with Crippen LogP contribution in [0.3, 0.4) is 0 Å². The number of rotatable bonds is 14. The van der Waals surface area contributed by atoms with Crippen molar-refractivity contribution in [1.29, 1.82) is 0 Å². The van der Waals surface area contributed by atoms with Crippen LogP contribution in [0.15, 0.2) is 71.6 Å². The second kappa shape index (κ2) is 15.3. The number of carbonyl (C=O) groups excluding carboxylic acids is 2. The molecule has 3 aromatic rings. The SMILES string of the molecule is CC[C@H](C(=O)NCC(C)C)N(Cc1c(Cl)cccc1Cl)C(=O)CN(c1ccc(OC)c(OC)c1)S(=O)(=O)c1ccccc1. The molecule has 0 fully saturated rings. The summed E-state index contributed by atoms with van der Waals surface area (Å²) in [5.74, 6) is -0.147. The number of nitrogens with one attached hydrogen (secondary N) is 1. The van der Waals surface area contributed by atoms with Gasteiger partial charge in [-0.25, -0.2) is 8.42 Å². The van der Waals surface area contributed by atoms with Crippen LogP contribution in [0, 0.1) is 5.92 Å². The molecule has 0 aromatic heterocycles. The van der Waals surface area contributed by atoms with Crippen molar-refractivity contribution in [2.45, 2.75) is 44.7 Å². The topological polar surface area (TPSA) is 105 Å². The first-order valence-corrected chi connectivity index (χ1v) is 15.9. The summed E-state index contributed by atoms with van der Waals surface area (Å²) in [5.41, 5.74) is 0.612. The lowest BCUT2D eigenvalue weighted by Gasteiger charge is -2.33. The molecule has 0 radical (unpaired) electrons. The summed E-state index contributed by atoms with van der Waals surface area (Å²) in [7, 11) is -1.36. The number of methoxy groups -OCH3 is 2. The molecule has 3 rings (SSSR count). The Kier molecular flexibility index (Phi) is 12.1. The predicted molar refractivity (Wildman–Crippen MR) is 169 cm³/mol. The monoisotopic (exact) mass is 649 g/mol. The molecule has 0 aliphatic carbocycles. The molecule has 12 heteroatoms. The highest BCUT2D eigenvalue weighted by atomic mass is 35.5. The van der Waals surface area contributed by atoms with Gasteiger partial charge in [0.15, 0.2) is 11.5 Å². The van der Waals surface area contributed by atoms with Crippen molar-refractivity contribution in [2.75, 3.05) is 31.6 Å². The zero-order valence-corrected chi connectivity index (χ0v) is 27.2. The van der Waals surface area contributed by atoms with Crippen molar-refractivity contribution in [2.24, 2.45) is 5.92 Å². The van der Waals surface area contributed by atoms with Crippen LogP contribution in [0.2, 0.25) is 10.0 Å². The van der Waals surface area contributed by atoms with E-state index in [1.807, 2.05) is 13.8 Å². The van der Waals surface area contributed by atoms with Crippen molar-refractivity contribution < 1.29 is 27.5 Å². The van der Waals surface area contributed by atoms with Gasteiger partial charge >= 0.3 is 0 Å². The summed E-state index contributed by atoms with van der Waals surface area (Å²) >= 11 is 12.9. The molecule has 0 bridgehead atoms. The van der Waals surface area contributed by atoms with Crippen LogP contribution >= 0.6 is 23.2 Å². The molecule has 0 spiro atoms. The highest BCUT2D eigenvalue weighted by Crippen LogP contribution is 2.34. The number of ether oxygens (including phenoxy) is 2. The van der Waals surface area contributed by atoms with Gasteiger partial charge in [0.1, 0.15) is 12.6 Å². The molecule has 3 aromatic carbocycles. The van der Waals surface area contributed by atoms with Crippen molar-refractivity contribution in [3.05, 3.63) is 82.3 Å². The van der Waals surface area contributed by atoms with Crippen LogP contribution in [0.5, 0.6) is 11.5 Å². The largest absolute Gasteiger partial charge is 0.493 e. The lowest BCUT2D eigenvalue weighted by Crippen LogP contribution is -2.52. The maximum atomic E-state index is 14.3. The van der Waals surface area contributed by atoms with Crippen molar-refractivity contribution >= 4 is 50.7 Å². The van der Waals surface area contributed by atoms with E-state index >= 15 is 0 Å². The van der Waals surface area contributed by atoms with E-state index < -0.39 is 28.5 Å². The number of amides is 2. The van der Waals surface area contributed by atoms with Crippen LogP contribution in [0.1, 0.15) is 32.8 Å². The Balaban J connectivity index is 2.13. The van der Waals surface area contributed by atoms with E-state index in [1.54, 1.807) is 49.4 Å². The fourth-order valence-corrected chi connectivity index (χ4v) is 6.37. The molecule has 232 valence electrons. The fourth-order valence-electron chi connectivity index (χ4n) is 4.42. The van der Waals surface area contributed by atoms with Crippen molar-refractivity contribution in [3.8, 4) is 11.5 Å². The van der Waals surface area contributed by atoms with Crippen molar-refractivity contribution in [1.82, 2.24) is 10.2 Å². The number of hydrogen-bond acceptors (Lipinski definition) is 6. The number of benzene rings is 3. The first-order chi connectivity index (χ1) is 20.4. The van der Waals surface area contributed by atoms with Gasteiger partial charge in [-0.2, -0.15) is 0 Å². The zero-order valence-electron chi connectivity index (χ0n) is 24.8. The molecule has 43 heavy (non-hydrogen) atoms. The number of carbonyl (C=O) groups is 2. The molecule has 0 aliphatic heterocycles. The molecule has 1 N–H and O–H groups in total. The molecular weight excluding hydrogens is 613 g/mol. The molecule has 0 aliphatic rings. The van der Waals surface area contributed by atoms with Gasteiger partial charge in [0.05, 0.1) is 24.8 Å². The summed E-state index contributed by atoms with van der Waals surface area (Å²) in [5, 5.41) is 3.52. The summed E-state index contributed by atoms with van der Waals surface area (Å²) in [4.78, 5) is 28.9. The highest BCUT2D eigenvalue weighted by molar-refractivity contribution is 7.92. The lowest BCUT2D eigenvalue weighted by molar-refractivity contribution is -0.140. The Labute approximate surface area is 263 Å². The van der Waals surface area contributed by atoms with Gasteiger partial charge in [-0.05, 0) is 48.7 Å². The molecule has 1 atom stereocenters. The van der Waals surface area contributed by atoms with Crippen LogP contribution in [0.25, 0.3) is 0 Å². The van der Waals surface area contributed by atoms with Crippen LogP contribution in [-0.2, 0) is 26.2 Å². The van der Waals surface area contributed by atoms with Crippen LogP contribution in [-0.4, -0.2) is 58.5 Å².